The monoisotopic (exact) mass is 251 g/mol. The Morgan fingerprint density at radius 2 is 2.28 bits per heavy atom. The van der Waals surface area contributed by atoms with Crippen LogP contribution in [0, 0.1) is 0 Å². The molecule has 3 N–H and O–H groups in total. The number of carbonyl (C=O) groups excluding carboxylic acids is 1. The van der Waals surface area contributed by atoms with Gasteiger partial charge in [0.25, 0.3) is 5.91 Å². The lowest BCUT2D eigenvalue weighted by Gasteiger charge is -2.26. The van der Waals surface area contributed by atoms with Gasteiger partial charge in [-0.15, -0.1) is 0 Å². The largest absolute Gasteiger partial charge is 0.477 e. The van der Waals surface area contributed by atoms with Crippen LogP contribution in [0.15, 0.2) is 18.3 Å². The number of nitrogen functional groups attached to an aromatic ring is 1. The molecule has 1 atom stereocenters. The highest BCUT2D eigenvalue weighted by molar-refractivity contribution is 5.81. The summed E-state index contributed by atoms with van der Waals surface area (Å²) in [6, 6.07) is 3.41. The number of nitrogens with two attached hydrogens (primary N) is 1. The fourth-order valence-electron chi connectivity index (χ4n) is 1.27. The van der Waals surface area contributed by atoms with Gasteiger partial charge in [-0.2, -0.15) is 0 Å². The zero-order valence-corrected chi connectivity index (χ0v) is 11.4. The SMILES string of the molecule is CCC(C)(C)NC(=O)C(C)Oc1cccnc1N. The third kappa shape index (κ3) is 3.91. The quantitative estimate of drug-likeness (QED) is 0.835. The number of hydrogen-bond acceptors (Lipinski definition) is 4. The molecule has 0 saturated heterocycles. The molecule has 1 amide bonds. The molecule has 0 aliphatic heterocycles. The smallest absolute Gasteiger partial charge is 0.261 e. The van der Waals surface area contributed by atoms with E-state index < -0.39 is 6.10 Å². The van der Waals surface area contributed by atoms with Crippen LogP contribution in [0.4, 0.5) is 5.82 Å². The van der Waals surface area contributed by atoms with Crippen molar-refractivity contribution in [2.75, 3.05) is 5.73 Å². The van der Waals surface area contributed by atoms with Crippen molar-refractivity contribution < 1.29 is 9.53 Å². The predicted molar refractivity (Wildman–Crippen MR) is 71.3 cm³/mol. The van der Waals surface area contributed by atoms with Gasteiger partial charge < -0.3 is 15.8 Å². The number of nitrogens with one attached hydrogen (secondary N) is 1. The van der Waals surface area contributed by atoms with Gasteiger partial charge >= 0.3 is 0 Å². The van der Waals surface area contributed by atoms with Gasteiger partial charge in [-0.25, -0.2) is 4.98 Å². The minimum Gasteiger partial charge on any atom is -0.477 e. The van der Waals surface area contributed by atoms with Crippen molar-refractivity contribution in [1.82, 2.24) is 10.3 Å². The second-order valence-corrected chi connectivity index (χ2v) is 4.87. The van der Waals surface area contributed by atoms with Crippen molar-refractivity contribution in [3.63, 3.8) is 0 Å². The second-order valence-electron chi connectivity index (χ2n) is 4.87. The van der Waals surface area contributed by atoms with Crippen molar-refractivity contribution in [3.8, 4) is 5.75 Å². The summed E-state index contributed by atoms with van der Waals surface area (Å²) >= 11 is 0. The summed E-state index contributed by atoms with van der Waals surface area (Å²) in [5, 5.41) is 2.92. The van der Waals surface area contributed by atoms with Crippen molar-refractivity contribution in [1.29, 1.82) is 0 Å². The lowest BCUT2D eigenvalue weighted by atomic mass is 10.0. The number of nitrogens with zero attached hydrogens (tertiary/aromatic N) is 1. The topological polar surface area (TPSA) is 77.2 Å². The van der Waals surface area contributed by atoms with Crippen molar-refractivity contribution in [2.24, 2.45) is 0 Å². The zero-order chi connectivity index (χ0) is 13.8. The number of amides is 1. The number of rotatable bonds is 5. The van der Waals surface area contributed by atoms with Crippen LogP contribution in [0.25, 0.3) is 0 Å². The number of carbonyl (C=O) groups is 1. The van der Waals surface area contributed by atoms with E-state index in [2.05, 4.69) is 10.3 Å². The van der Waals surface area contributed by atoms with E-state index in [1.54, 1.807) is 25.3 Å². The van der Waals surface area contributed by atoms with Gasteiger partial charge in [-0.1, -0.05) is 6.92 Å². The van der Waals surface area contributed by atoms with E-state index in [1.807, 2.05) is 20.8 Å². The highest BCUT2D eigenvalue weighted by Gasteiger charge is 2.23. The third-order valence-electron chi connectivity index (χ3n) is 2.82. The molecule has 1 unspecified atom stereocenters. The van der Waals surface area contributed by atoms with Crippen molar-refractivity contribution in [3.05, 3.63) is 18.3 Å². The maximum atomic E-state index is 11.9. The first-order valence-corrected chi connectivity index (χ1v) is 6.05. The summed E-state index contributed by atoms with van der Waals surface area (Å²) < 4.78 is 5.50. The standard InChI is InChI=1S/C13H21N3O2/c1-5-13(3,4)16-12(17)9(2)18-10-7-6-8-15-11(10)14/h6-9H,5H2,1-4H3,(H2,14,15)(H,16,17). The van der Waals surface area contributed by atoms with Crippen LogP contribution in [-0.4, -0.2) is 22.5 Å². The maximum Gasteiger partial charge on any atom is 0.261 e. The minimum absolute atomic E-state index is 0.162. The third-order valence-corrected chi connectivity index (χ3v) is 2.82. The van der Waals surface area contributed by atoms with Crippen LogP contribution >= 0.6 is 0 Å². The summed E-state index contributed by atoms with van der Waals surface area (Å²) in [7, 11) is 0. The molecule has 100 valence electrons. The fourth-order valence-corrected chi connectivity index (χ4v) is 1.27. The number of hydrogen-bond donors (Lipinski definition) is 2. The Hall–Kier alpha value is -1.78. The Kier molecular flexibility index (Phi) is 4.53. The van der Waals surface area contributed by atoms with Crippen LogP contribution in [0.5, 0.6) is 5.75 Å². The molecule has 1 rings (SSSR count). The molecule has 0 radical (unpaired) electrons. The van der Waals surface area contributed by atoms with Gasteiger partial charge in [-0.05, 0) is 39.3 Å². The average Bonchev–Trinajstić information content (AvgIpc) is 2.31. The Balaban J connectivity index is 2.63. The summed E-state index contributed by atoms with van der Waals surface area (Å²) in [6.07, 6.45) is 1.82. The van der Waals surface area contributed by atoms with E-state index in [1.165, 1.54) is 0 Å². The fraction of sp³-hybridized carbons (Fsp3) is 0.538. The molecule has 1 aromatic heterocycles. The summed E-state index contributed by atoms with van der Waals surface area (Å²) in [5.74, 6) is 0.548. The summed E-state index contributed by atoms with van der Waals surface area (Å²) in [5.41, 5.74) is 5.41. The molecule has 0 aliphatic carbocycles. The Morgan fingerprint density at radius 1 is 1.61 bits per heavy atom. The van der Waals surface area contributed by atoms with E-state index in [0.717, 1.165) is 6.42 Å². The molecule has 0 aliphatic rings. The molecule has 0 aromatic carbocycles. The van der Waals surface area contributed by atoms with Gasteiger partial charge in [0.1, 0.15) is 0 Å². The number of anilines is 1. The minimum atomic E-state index is -0.609. The first kappa shape index (κ1) is 14.3. The first-order chi connectivity index (χ1) is 8.35. The molecule has 5 heteroatoms. The second kappa shape index (κ2) is 5.71. The number of ether oxygens (including phenoxy) is 1. The molecule has 1 aromatic rings. The van der Waals surface area contributed by atoms with Crippen LogP contribution in [0.3, 0.4) is 0 Å². The van der Waals surface area contributed by atoms with Gasteiger partial charge in [0, 0.05) is 11.7 Å². The normalized spacial score (nSPS) is 12.9. The predicted octanol–water partition coefficient (Wildman–Crippen LogP) is 1.74. The molecule has 0 bridgehead atoms. The van der Waals surface area contributed by atoms with E-state index in [0.29, 0.717) is 5.75 Å². The average molecular weight is 251 g/mol. The van der Waals surface area contributed by atoms with E-state index in [-0.39, 0.29) is 17.3 Å². The molecule has 0 saturated carbocycles. The Morgan fingerprint density at radius 3 is 2.83 bits per heavy atom. The lowest BCUT2D eigenvalue weighted by Crippen LogP contribution is -2.48. The molecule has 0 spiro atoms. The molecular formula is C13H21N3O2. The van der Waals surface area contributed by atoms with Gasteiger partial charge in [0.15, 0.2) is 17.7 Å². The molecule has 1 heterocycles. The zero-order valence-electron chi connectivity index (χ0n) is 11.4. The molecule has 18 heavy (non-hydrogen) atoms. The molecule has 5 nitrogen and oxygen atoms in total. The summed E-state index contributed by atoms with van der Waals surface area (Å²) in [6.45, 7) is 7.64. The highest BCUT2D eigenvalue weighted by atomic mass is 16.5. The van der Waals surface area contributed by atoms with Crippen LogP contribution in [0.2, 0.25) is 0 Å². The van der Waals surface area contributed by atoms with Gasteiger partial charge in [0.05, 0.1) is 0 Å². The van der Waals surface area contributed by atoms with E-state index in [9.17, 15) is 4.79 Å². The molecular weight excluding hydrogens is 230 g/mol. The Labute approximate surface area is 108 Å². The molecule has 0 fully saturated rings. The van der Waals surface area contributed by atoms with Crippen LogP contribution in [0.1, 0.15) is 34.1 Å². The summed E-state index contributed by atoms with van der Waals surface area (Å²) in [4.78, 5) is 15.8. The van der Waals surface area contributed by atoms with Gasteiger partial charge in [-0.3, -0.25) is 4.79 Å². The van der Waals surface area contributed by atoms with E-state index >= 15 is 0 Å². The van der Waals surface area contributed by atoms with Crippen LogP contribution in [-0.2, 0) is 4.79 Å². The maximum absolute atomic E-state index is 11.9. The first-order valence-electron chi connectivity index (χ1n) is 6.05. The van der Waals surface area contributed by atoms with Crippen LogP contribution < -0.4 is 15.8 Å². The number of pyridine rings is 1. The Bertz CT molecular complexity index is 418. The van der Waals surface area contributed by atoms with Crippen molar-refractivity contribution >= 4 is 11.7 Å². The number of aromatic nitrogens is 1. The highest BCUT2D eigenvalue weighted by Crippen LogP contribution is 2.18. The van der Waals surface area contributed by atoms with Gasteiger partial charge in [0.2, 0.25) is 0 Å². The lowest BCUT2D eigenvalue weighted by molar-refractivity contribution is -0.128. The van der Waals surface area contributed by atoms with E-state index in [4.69, 9.17) is 10.5 Å². The van der Waals surface area contributed by atoms with Crippen molar-refractivity contribution in [2.45, 2.75) is 45.8 Å².